The third-order valence-electron chi connectivity index (χ3n) is 3.70. The fourth-order valence-corrected chi connectivity index (χ4v) is 2.26. The minimum Gasteiger partial charge on any atom is -0.379 e. The van der Waals surface area contributed by atoms with Crippen LogP contribution in [0.15, 0.2) is 82.3 Å². The summed E-state index contributed by atoms with van der Waals surface area (Å²) in [6, 6.07) is 5.83. The molecular formula is C23H29N5. The fraction of sp³-hybridized carbons (Fsp3) is 0.261. The molecule has 2 N–H and O–H groups in total. The van der Waals surface area contributed by atoms with Gasteiger partial charge in [-0.2, -0.15) is 5.10 Å². The number of allylic oxidation sites excluding steroid dienone is 4. The van der Waals surface area contributed by atoms with E-state index in [0.29, 0.717) is 13.1 Å². The highest BCUT2D eigenvalue weighted by Gasteiger charge is 2.12. The summed E-state index contributed by atoms with van der Waals surface area (Å²) in [6.07, 6.45) is 14.8. The van der Waals surface area contributed by atoms with Gasteiger partial charge in [-0.3, -0.25) is 9.98 Å². The fourth-order valence-electron chi connectivity index (χ4n) is 2.26. The number of nitrogens with one attached hydrogen (secondary N) is 2. The summed E-state index contributed by atoms with van der Waals surface area (Å²) < 4.78 is 0. The maximum atomic E-state index is 5.60. The van der Waals surface area contributed by atoms with Gasteiger partial charge in [-0.05, 0) is 44.2 Å². The standard InChI is InChI=1S/C21H23N5.C2H6/c1-5-16(3)21(24-15-19-9-7-8-12-23-19)13-18-14-25-26-20(18)11-10-17(4)22-6-2;1-2/h1,6-13,24-25H,2,14-15H2,3-4H3;1-2H3/b11-10+,18-13+,21-16+,22-17?;. The van der Waals surface area contributed by atoms with Gasteiger partial charge in [0.05, 0.1) is 24.5 Å². The van der Waals surface area contributed by atoms with Gasteiger partial charge >= 0.3 is 0 Å². The topological polar surface area (TPSA) is 61.7 Å². The molecule has 0 radical (unpaired) electrons. The van der Waals surface area contributed by atoms with Crippen LogP contribution in [0.4, 0.5) is 0 Å². The number of hydrogen-bond acceptors (Lipinski definition) is 5. The second kappa shape index (κ2) is 12.9. The van der Waals surface area contributed by atoms with Gasteiger partial charge in [0, 0.05) is 35.0 Å². The lowest BCUT2D eigenvalue weighted by Crippen LogP contribution is -2.15. The largest absolute Gasteiger partial charge is 0.379 e. The number of hydrogen-bond donors (Lipinski definition) is 2. The Kier molecular flexibility index (Phi) is 10.4. The lowest BCUT2D eigenvalue weighted by atomic mass is 10.1. The molecule has 2 heterocycles. The second-order valence-electron chi connectivity index (χ2n) is 5.65. The van der Waals surface area contributed by atoms with Gasteiger partial charge in [-0.15, -0.1) is 6.42 Å². The number of nitrogens with zero attached hydrogens (tertiary/aromatic N) is 3. The molecule has 0 atom stereocenters. The van der Waals surface area contributed by atoms with Gasteiger partial charge in [0.1, 0.15) is 0 Å². The second-order valence-corrected chi connectivity index (χ2v) is 5.65. The molecule has 0 aromatic carbocycles. The molecule has 1 aliphatic rings. The third-order valence-corrected chi connectivity index (χ3v) is 3.70. The molecule has 0 saturated carbocycles. The minimum atomic E-state index is 0.597. The van der Waals surface area contributed by atoms with Crippen molar-refractivity contribution in [3.8, 4) is 12.3 Å². The molecule has 0 bridgehead atoms. The van der Waals surface area contributed by atoms with Gasteiger partial charge in [-0.25, -0.2) is 0 Å². The van der Waals surface area contributed by atoms with Crippen LogP contribution in [0.25, 0.3) is 0 Å². The molecule has 28 heavy (non-hydrogen) atoms. The first-order chi connectivity index (χ1) is 13.6. The van der Waals surface area contributed by atoms with E-state index >= 15 is 0 Å². The summed E-state index contributed by atoms with van der Waals surface area (Å²) >= 11 is 0. The molecule has 0 spiro atoms. The van der Waals surface area contributed by atoms with Crippen LogP contribution in [0.3, 0.4) is 0 Å². The number of aromatic nitrogens is 1. The molecule has 0 fully saturated rings. The van der Waals surface area contributed by atoms with Crippen molar-refractivity contribution in [3.63, 3.8) is 0 Å². The van der Waals surface area contributed by atoms with Crippen molar-refractivity contribution in [1.82, 2.24) is 15.7 Å². The van der Waals surface area contributed by atoms with Crippen LogP contribution in [0.2, 0.25) is 0 Å². The van der Waals surface area contributed by atoms with E-state index in [-0.39, 0.29) is 0 Å². The highest BCUT2D eigenvalue weighted by atomic mass is 15.3. The van der Waals surface area contributed by atoms with Gasteiger partial charge in [0.2, 0.25) is 0 Å². The maximum absolute atomic E-state index is 5.60. The van der Waals surface area contributed by atoms with Crippen LogP contribution in [-0.2, 0) is 6.54 Å². The molecule has 0 aliphatic carbocycles. The molecule has 0 amide bonds. The van der Waals surface area contributed by atoms with E-state index in [1.165, 1.54) is 6.20 Å². The predicted molar refractivity (Wildman–Crippen MR) is 120 cm³/mol. The summed E-state index contributed by atoms with van der Waals surface area (Å²) in [5.41, 5.74) is 8.42. The Morgan fingerprint density at radius 2 is 2.18 bits per heavy atom. The van der Waals surface area contributed by atoms with Crippen LogP contribution >= 0.6 is 0 Å². The average Bonchev–Trinajstić information content (AvgIpc) is 3.18. The molecule has 0 unspecified atom stereocenters. The zero-order chi connectivity index (χ0) is 20.8. The van der Waals surface area contributed by atoms with Crippen LogP contribution in [-0.4, -0.2) is 23.0 Å². The Morgan fingerprint density at radius 1 is 1.39 bits per heavy atom. The number of aliphatic imine (C=N–C) groups is 1. The molecule has 1 aromatic heterocycles. The first kappa shape index (κ1) is 22.7. The van der Waals surface area contributed by atoms with Crippen LogP contribution in [0.5, 0.6) is 0 Å². The molecular weight excluding hydrogens is 346 g/mol. The zero-order valence-corrected chi connectivity index (χ0v) is 17.2. The van der Waals surface area contributed by atoms with Crippen LogP contribution in [0, 0.1) is 12.3 Å². The Hall–Kier alpha value is -3.39. The van der Waals surface area contributed by atoms with Crippen molar-refractivity contribution in [2.24, 2.45) is 10.1 Å². The number of hydrazone groups is 1. The van der Waals surface area contributed by atoms with E-state index in [1.807, 2.05) is 64.1 Å². The molecule has 5 nitrogen and oxygen atoms in total. The minimum absolute atomic E-state index is 0.597. The van der Waals surface area contributed by atoms with Crippen molar-refractivity contribution in [2.45, 2.75) is 34.2 Å². The first-order valence-electron chi connectivity index (χ1n) is 9.30. The van der Waals surface area contributed by atoms with Gasteiger partial charge < -0.3 is 10.7 Å². The molecule has 0 saturated heterocycles. The van der Waals surface area contributed by atoms with Crippen molar-refractivity contribution >= 4 is 11.4 Å². The molecule has 1 aromatic rings. The van der Waals surface area contributed by atoms with E-state index in [9.17, 15) is 0 Å². The van der Waals surface area contributed by atoms with E-state index in [1.54, 1.807) is 6.20 Å². The summed E-state index contributed by atoms with van der Waals surface area (Å²) in [4.78, 5) is 8.44. The summed E-state index contributed by atoms with van der Waals surface area (Å²) in [5, 5.41) is 7.70. The number of terminal acetylenes is 1. The summed E-state index contributed by atoms with van der Waals surface area (Å²) in [5.74, 6) is 2.70. The highest BCUT2D eigenvalue weighted by Crippen LogP contribution is 2.12. The van der Waals surface area contributed by atoms with Crippen molar-refractivity contribution < 1.29 is 0 Å². The van der Waals surface area contributed by atoms with Crippen LogP contribution in [0.1, 0.15) is 33.4 Å². The predicted octanol–water partition coefficient (Wildman–Crippen LogP) is 4.15. The molecule has 1 aliphatic heterocycles. The molecule has 2 rings (SSSR count). The third kappa shape index (κ3) is 7.46. The van der Waals surface area contributed by atoms with Crippen molar-refractivity contribution in [3.05, 3.63) is 77.9 Å². The highest BCUT2D eigenvalue weighted by molar-refractivity contribution is 6.12. The first-order valence-corrected chi connectivity index (χ1v) is 9.30. The smallest absolute Gasteiger partial charge is 0.0881 e. The van der Waals surface area contributed by atoms with Crippen molar-refractivity contribution in [1.29, 1.82) is 0 Å². The maximum Gasteiger partial charge on any atom is 0.0881 e. The van der Waals surface area contributed by atoms with E-state index in [4.69, 9.17) is 6.42 Å². The van der Waals surface area contributed by atoms with Gasteiger partial charge in [0.25, 0.3) is 0 Å². The number of rotatable bonds is 7. The lowest BCUT2D eigenvalue weighted by molar-refractivity contribution is 0.796. The van der Waals surface area contributed by atoms with Gasteiger partial charge in [-0.1, -0.05) is 32.4 Å². The van der Waals surface area contributed by atoms with Gasteiger partial charge in [0.15, 0.2) is 0 Å². The normalized spacial score (nSPS) is 15.8. The zero-order valence-electron chi connectivity index (χ0n) is 17.2. The Balaban J connectivity index is 0.00000190. The Labute approximate surface area is 168 Å². The lowest BCUT2D eigenvalue weighted by Gasteiger charge is -2.10. The van der Waals surface area contributed by atoms with E-state index in [0.717, 1.165) is 34.0 Å². The summed E-state index contributed by atoms with van der Waals surface area (Å²) in [6.45, 7) is 12.7. The van der Waals surface area contributed by atoms with Crippen LogP contribution < -0.4 is 10.7 Å². The molecule has 5 heteroatoms. The summed E-state index contributed by atoms with van der Waals surface area (Å²) in [7, 11) is 0. The Morgan fingerprint density at radius 3 is 2.82 bits per heavy atom. The average molecular weight is 376 g/mol. The van der Waals surface area contributed by atoms with Crippen molar-refractivity contribution in [2.75, 3.05) is 6.54 Å². The SMILES string of the molecule is C#C/C(C)=C(\C=C1/CNN=C1/C=C/C(C)=NC=C)NCc1ccccn1.CC. The monoisotopic (exact) mass is 375 g/mol. The number of pyridine rings is 1. The quantitative estimate of drug-likeness (QED) is 0.556. The molecule has 146 valence electrons. The van der Waals surface area contributed by atoms with E-state index in [2.05, 4.69) is 38.3 Å². The van der Waals surface area contributed by atoms with E-state index < -0.39 is 0 Å². The Bertz CT molecular complexity index is 833.